The number of pyridine rings is 1. The van der Waals surface area contributed by atoms with Crippen LogP contribution in [-0.2, 0) is 0 Å². The van der Waals surface area contributed by atoms with E-state index in [1.807, 2.05) is 0 Å². The number of rotatable bonds is 4. The lowest BCUT2D eigenvalue weighted by Gasteiger charge is -2.11. The standard InChI is InChI=1S/C8H9ClN2O4/c9-7-1-6(11(14)15)2-10-8(7)5(3-12)4-13/h1-2,5,12-13H,3-4H2. The summed E-state index contributed by atoms with van der Waals surface area (Å²) in [5.74, 6) is -0.613. The SMILES string of the molecule is O=[N+]([O-])c1cnc(C(CO)CO)c(Cl)c1. The van der Waals surface area contributed by atoms with E-state index in [0.717, 1.165) is 12.3 Å². The van der Waals surface area contributed by atoms with Gasteiger partial charge in [-0.15, -0.1) is 0 Å². The summed E-state index contributed by atoms with van der Waals surface area (Å²) in [6, 6.07) is 1.14. The van der Waals surface area contributed by atoms with Gasteiger partial charge in [0.2, 0.25) is 0 Å². The molecule has 1 rings (SSSR count). The molecule has 0 bridgehead atoms. The summed E-state index contributed by atoms with van der Waals surface area (Å²) in [5, 5.41) is 28.2. The number of hydrogen-bond donors (Lipinski definition) is 2. The molecule has 0 aliphatic heterocycles. The van der Waals surface area contributed by atoms with Crippen molar-refractivity contribution in [3.05, 3.63) is 33.1 Å². The second kappa shape index (κ2) is 5.01. The fraction of sp³-hybridized carbons (Fsp3) is 0.375. The molecule has 1 heterocycles. The Morgan fingerprint density at radius 3 is 2.53 bits per heavy atom. The minimum Gasteiger partial charge on any atom is -0.396 e. The largest absolute Gasteiger partial charge is 0.396 e. The third-order valence-corrected chi connectivity index (χ3v) is 2.20. The Kier molecular flexibility index (Phi) is 3.96. The molecule has 15 heavy (non-hydrogen) atoms. The Hall–Kier alpha value is -1.24. The highest BCUT2D eigenvalue weighted by Crippen LogP contribution is 2.25. The quantitative estimate of drug-likeness (QED) is 0.589. The van der Waals surface area contributed by atoms with Crippen LogP contribution in [0.1, 0.15) is 11.6 Å². The molecule has 0 saturated carbocycles. The van der Waals surface area contributed by atoms with Crippen LogP contribution < -0.4 is 0 Å². The fourth-order valence-electron chi connectivity index (χ4n) is 1.07. The normalized spacial score (nSPS) is 10.7. The first-order valence-corrected chi connectivity index (χ1v) is 4.49. The van der Waals surface area contributed by atoms with E-state index in [-0.39, 0.29) is 29.6 Å². The lowest BCUT2D eigenvalue weighted by atomic mass is 10.1. The second-order valence-corrected chi connectivity index (χ2v) is 3.29. The minimum absolute atomic E-state index is 0.0669. The maximum atomic E-state index is 10.4. The third kappa shape index (κ3) is 2.62. The van der Waals surface area contributed by atoms with E-state index < -0.39 is 10.8 Å². The van der Waals surface area contributed by atoms with Crippen LogP contribution in [0.5, 0.6) is 0 Å². The van der Waals surface area contributed by atoms with Crippen molar-refractivity contribution >= 4 is 17.3 Å². The summed E-state index contributed by atoms with van der Waals surface area (Å²) in [6.45, 7) is -0.637. The van der Waals surface area contributed by atoms with Crippen LogP contribution >= 0.6 is 11.6 Å². The molecule has 0 aliphatic rings. The topological polar surface area (TPSA) is 96.5 Å². The zero-order chi connectivity index (χ0) is 11.4. The first-order valence-electron chi connectivity index (χ1n) is 4.11. The van der Waals surface area contributed by atoms with Gasteiger partial charge in [-0.1, -0.05) is 11.6 Å². The van der Waals surface area contributed by atoms with Crippen molar-refractivity contribution in [2.45, 2.75) is 5.92 Å². The lowest BCUT2D eigenvalue weighted by molar-refractivity contribution is -0.385. The Labute approximate surface area is 90.3 Å². The van der Waals surface area contributed by atoms with Crippen molar-refractivity contribution in [3.8, 4) is 0 Å². The number of aliphatic hydroxyl groups excluding tert-OH is 2. The van der Waals surface area contributed by atoms with Gasteiger partial charge in [-0.05, 0) is 0 Å². The van der Waals surface area contributed by atoms with Crippen LogP contribution in [0, 0.1) is 10.1 Å². The Bertz CT molecular complexity index is 368. The van der Waals surface area contributed by atoms with Crippen molar-refractivity contribution in [1.82, 2.24) is 4.98 Å². The summed E-state index contributed by atoms with van der Waals surface area (Å²) in [4.78, 5) is 13.5. The highest BCUT2D eigenvalue weighted by atomic mass is 35.5. The van der Waals surface area contributed by atoms with E-state index in [2.05, 4.69) is 4.98 Å². The molecule has 0 unspecified atom stereocenters. The van der Waals surface area contributed by atoms with E-state index in [9.17, 15) is 10.1 Å². The molecule has 7 heteroatoms. The average molecular weight is 233 g/mol. The Morgan fingerprint density at radius 2 is 2.13 bits per heavy atom. The maximum Gasteiger partial charge on any atom is 0.289 e. The molecule has 82 valence electrons. The number of nitrogens with zero attached hydrogens (tertiary/aromatic N) is 2. The molecule has 1 aromatic rings. The summed E-state index contributed by atoms with van der Waals surface area (Å²) >= 11 is 5.74. The van der Waals surface area contributed by atoms with Crippen molar-refractivity contribution < 1.29 is 15.1 Å². The highest BCUT2D eigenvalue weighted by Gasteiger charge is 2.17. The van der Waals surface area contributed by atoms with Gasteiger partial charge in [0.1, 0.15) is 6.20 Å². The molecule has 0 radical (unpaired) electrons. The third-order valence-electron chi connectivity index (χ3n) is 1.89. The Morgan fingerprint density at radius 1 is 1.53 bits per heavy atom. The van der Waals surface area contributed by atoms with E-state index in [1.165, 1.54) is 0 Å². The molecular weight excluding hydrogens is 224 g/mol. The van der Waals surface area contributed by atoms with Crippen LogP contribution in [-0.4, -0.2) is 33.3 Å². The van der Waals surface area contributed by atoms with Crippen LogP contribution in [0.3, 0.4) is 0 Å². The van der Waals surface area contributed by atoms with E-state index in [0.29, 0.717) is 0 Å². The van der Waals surface area contributed by atoms with Gasteiger partial charge in [0.15, 0.2) is 0 Å². The van der Waals surface area contributed by atoms with Gasteiger partial charge < -0.3 is 10.2 Å². The molecule has 0 amide bonds. The average Bonchev–Trinajstić information content (AvgIpc) is 2.21. The molecule has 2 N–H and O–H groups in total. The van der Waals surface area contributed by atoms with Gasteiger partial charge in [0.05, 0.1) is 28.9 Å². The van der Waals surface area contributed by atoms with E-state index >= 15 is 0 Å². The van der Waals surface area contributed by atoms with Crippen LogP contribution in [0.15, 0.2) is 12.3 Å². The smallest absolute Gasteiger partial charge is 0.289 e. The maximum absolute atomic E-state index is 10.4. The van der Waals surface area contributed by atoms with Crippen molar-refractivity contribution in [2.24, 2.45) is 0 Å². The first-order chi connectivity index (χ1) is 7.10. The van der Waals surface area contributed by atoms with Gasteiger partial charge in [-0.2, -0.15) is 0 Å². The molecule has 0 atom stereocenters. The van der Waals surface area contributed by atoms with Gasteiger partial charge in [0, 0.05) is 12.0 Å². The van der Waals surface area contributed by atoms with Gasteiger partial charge in [-0.3, -0.25) is 15.1 Å². The number of hydrogen-bond acceptors (Lipinski definition) is 5. The van der Waals surface area contributed by atoms with Gasteiger partial charge >= 0.3 is 0 Å². The zero-order valence-electron chi connectivity index (χ0n) is 7.63. The number of nitro groups is 1. The zero-order valence-corrected chi connectivity index (χ0v) is 8.39. The van der Waals surface area contributed by atoms with Crippen molar-refractivity contribution in [1.29, 1.82) is 0 Å². The van der Waals surface area contributed by atoms with E-state index in [1.54, 1.807) is 0 Å². The van der Waals surface area contributed by atoms with Crippen LogP contribution in [0.2, 0.25) is 5.02 Å². The fourth-order valence-corrected chi connectivity index (χ4v) is 1.38. The highest BCUT2D eigenvalue weighted by molar-refractivity contribution is 6.31. The first kappa shape index (κ1) is 11.8. The number of halogens is 1. The summed E-state index contributed by atoms with van der Waals surface area (Å²) in [6.07, 6.45) is 1.04. The molecule has 0 aromatic carbocycles. The summed E-state index contributed by atoms with van der Waals surface area (Å²) in [7, 11) is 0. The summed E-state index contributed by atoms with van der Waals surface area (Å²) in [5.41, 5.74) is 0.0330. The van der Waals surface area contributed by atoms with Gasteiger partial charge in [-0.25, -0.2) is 0 Å². The van der Waals surface area contributed by atoms with Gasteiger partial charge in [0.25, 0.3) is 5.69 Å². The molecule has 0 fully saturated rings. The van der Waals surface area contributed by atoms with Crippen molar-refractivity contribution in [2.75, 3.05) is 13.2 Å². The molecule has 0 aliphatic carbocycles. The monoisotopic (exact) mass is 232 g/mol. The minimum atomic E-state index is -0.616. The second-order valence-electron chi connectivity index (χ2n) is 2.88. The lowest BCUT2D eigenvalue weighted by Crippen LogP contribution is -2.11. The van der Waals surface area contributed by atoms with E-state index in [4.69, 9.17) is 21.8 Å². The predicted octanol–water partition coefficient (Wildman–Crippen LogP) is 0.711. The Balaban J connectivity index is 3.07. The molecule has 0 spiro atoms. The number of aliphatic hydroxyl groups is 2. The predicted molar refractivity (Wildman–Crippen MR) is 52.8 cm³/mol. The molecule has 1 aromatic heterocycles. The van der Waals surface area contributed by atoms with Crippen LogP contribution in [0.25, 0.3) is 0 Å². The number of aromatic nitrogens is 1. The van der Waals surface area contributed by atoms with Crippen LogP contribution in [0.4, 0.5) is 5.69 Å². The van der Waals surface area contributed by atoms with Crippen molar-refractivity contribution in [3.63, 3.8) is 0 Å². The molecular formula is C8H9ClN2O4. The molecule has 6 nitrogen and oxygen atoms in total. The molecule has 0 saturated heterocycles. The summed E-state index contributed by atoms with van der Waals surface area (Å²) < 4.78 is 0.